The fraction of sp³-hybridized carbons (Fsp3) is 0.545. The third kappa shape index (κ3) is 1.98. The molecule has 1 heterocycles. The Hall–Kier alpha value is -0.830. The molecule has 1 aliphatic rings. The van der Waals surface area contributed by atoms with Crippen molar-refractivity contribution in [2.75, 3.05) is 0 Å². The summed E-state index contributed by atoms with van der Waals surface area (Å²) in [5, 5.41) is 13.1. The number of aryl methyl sites for hydroxylation is 1. The van der Waals surface area contributed by atoms with E-state index in [0.717, 1.165) is 25.7 Å². The van der Waals surface area contributed by atoms with Crippen LogP contribution >= 0.6 is 11.3 Å². The van der Waals surface area contributed by atoms with Crippen LogP contribution in [0.15, 0.2) is 16.8 Å². The Morgan fingerprint density at radius 3 is 2.93 bits per heavy atom. The molecule has 0 saturated heterocycles. The molecule has 0 amide bonds. The number of carboxylic acids is 1. The minimum atomic E-state index is -0.605. The summed E-state index contributed by atoms with van der Waals surface area (Å²) in [6.45, 7) is 0. The minimum absolute atomic E-state index is 0.0614. The molecule has 0 aliphatic heterocycles. The van der Waals surface area contributed by atoms with Crippen molar-refractivity contribution in [3.8, 4) is 0 Å². The van der Waals surface area contributed by atoms with Gasteiger partial charge in [0, 0.05) is 0 Å². The van der Waals surface area contributed by atoms with Crippen LogP contribution in [0.3, 0.4) is 0 Å². The molecule has 14 heavy (non-hydrogen) atoms. The molecule has 0 bridgehead atoms. The van der Waals surface area contributed by atoms with Gasteiger partial charge in [0.25, 0.3) is 0 Å². The first kappa shape index (κ1) is 9.71. The molecule has 2 atom stereocenters. The van der Waals surface area contributed by atoms with Crippen molar-refractivity contribution in [1.82, 2.24) is 0 Å². The van der Waals surface area contributed by atoms with Crippen molar-refractivity contribution < 1.29 is 9.90 Å². The molecule has 3 heteroatoms. The summed E-state index contributed by atoms with van der Waals surface area (Å²) in [6.07, 6.45) is 4.05. The van der Waals surface area contributed by atoms with Gasteiger partial charge in [-0.25, -0.2) is 0 Å². The second kappa shape index (κ2) is 4.13. The van der Waals surface area contributed by atoms with Gasteiger partial charge in [0.1, 0.15) is 0 Å². The van der Waals surface area contributed by atoms with E-state index in [2.05, 4.69) is 16.8 Å². The fourth-order valence-corrected chi connectivity index (χ4v) is 2.73. The van der Waals surface area contributed by atoms with Gasteiger partial charge in [-0.15, -0.1) is 0 Å². The maximum Gasteiger partial charge on any atom is 0.306 e. The lowest BCUT2D eigenvalue weighted by Gasteiger charge is -2.33. The molecule has 0 aromatic carbocycles. The highest BCUT2D eigenvalue weighted by Crippen LogP contribution is 2.37. The molecule has 2 nitrogen and oxygen atoms in total. The number of carboxylic acid groups (broad SMARTS) is 1. The van der Waals surface area contributed by atoms with Crippen LogP contribution in [0.4, 0.5) is 0 Å². The van der Waals surface area contributed by atoms with Crippen LogP contribution in [0, 0.1) is 11.8 Å². The first-order valence-corrected chi connectivity index (χ1v) is 5.95. The summed E-state index contributed by atoms with van der Waals surface area (Å²) < 4.78 is 0. The lowest BCUT2D eigenvalue weighted by Crippen LogP contribution is -2.32. The van der Waals surface area contributed by atoms with Gasteiger partial charge in [0.05, 0.1) is 5.92 Å². The van der Waals surface area contributed by atoms with Gasteiger partial charge in [-0.3, -0.25) is 4.79 Å². The van der Waals surface area contributed by atoms with E-state index in [1.807, 2.05) is 0 Å². The van der Waals surface area contributed by atoms with Gasteiger partial charge in [-0.2, -0.15) is 11.3 Å². The van der Waals surface area contributed by atoms with Gasteiger partial charge in [-0.05, 0) is 54.0 Å². The van der Waals surface area contributed by atoms with Crippen molar-refractivity contribution in [3.05, 3.63) is 22.4 Å². The van der Waals surface area contributed by atoms with Gasteiger partial charge in [-0.1, -0.05) is 0 Å². The highest BCUT2D eigenvalue weighted by atomic mass is 32.1. The van der Waals surface area contributed by atoms with Gasteiger partial charge < -0.3 is 5.11 Å². The molecule has 1 aromatic heterocycles. The van der Waals surface area contributed by atoms with E-state index in [1.165, 1.54) is 5.56 Å². The largest absolute Gasteiger partial charge is 0.481 e. The number of aliphatic carboxylic acids is 1. The Kier molecular flexibility index (Phi) is 2.87. The Morgan fingerprint density at radius 1 is 1.57 bits per heavy atom. The molecule has 1 saturated carbocycles. The first-order chi connectivity index (χ1) is 6.77. The zero-order valence-corrected chi connectivity index (χ0v) is 8.80. The van der Waals surface area contributed by atoms with Crippen LogP contribution in [0.2, 0.25) is 0 Å². The second-order valence-corrected chi connectivity index (χ2v) is 4.73. The Bertz CT molecular complexity index is 305. The summed E-state index contributed by atoms with van der Waals surface area (Å²) in [6, 6.07) is 2.12. The number of hydrogen-bond donors (Lipinski definition) is 1. The van der Waals surface area contributed by atoms with E-state index >= 15 is 0 Å². The molecule has 1 N–H and O–H groups in total. The molecule has 1 aliphatic carbocycles. The lowest BCUT2D eigenvalue weighted by molar-refractivity contribution is -0.147. The predicted molar refractivity (Wildman–Crippen MR) is 56.5 cm³/mol. The normalized spacial score (nSPS) is 25.7. The van der Waals surface area contributed by atoms with E-state index in [1.54, 1.807) is 11.3 Å². The fourth-order valence-electron chi connectivity index (χ4n) is 2.03. The molecular formula is C11H14O2S. The highest BCUT2D eigenvalue weighted by Gasteiger charge is 2.35. The predicted octanol–water partition coefficient (Wildman–Crippen LogP) is 2.79. The number of carbonyl (C=O) groups is 1. The smallest absolute Gasteiger partial charge is 0.306 e. The molecule has 76 valence electrons. The summed E-state index contributed by atoms with van der Waals surface area (Å²) in [5.74, 6) is -0.243. The van der Waals surface area contributed by atoms with Crippen LogP contribution in [-0.2, 0) is 11.2 Å². The monoisotopic (exact) mass is 210 g/mol. The third-order valence-corrected chi connectivity index (χ3v) is 3.85. The van der Waals surface area contributed by atoms with Crippen molar-refractivity contribution in [2.24, 2.45) is 11.8 Å². The molecule has 1 aromatic rings. The third-order valence-electron chi connectivity index (χ3n) is 3.12. The van der Waals surface area contributed by atoms with E-state index < -0.39 is 5.97 Å². The average molecular weight is 210 g/mol. The van der Waals surface area contributed by atoms with Crippen LogP contribution in [0.1, 0.15) is 24.8 Å². The second-order valence-electron chi connectivity index (χ2n) is 3.95. The summed E-state index contributed by atoms with van der Waals surface area (Å²) >= 11 is 1.71. The van der Waals surface area contributed by atoms with Crippen molar-refractivity contribution >= 4 is 17.3 Å². The van der Waals surface area contributed by atoms with Gasteiger partial charge >= 0.3 is 5.97 Å². The summed E-state index contributed by atoms with van der Waals surface area (Å²) in [5.41, 5.74) is 1.35. The Morgan fingerprint density at radius 2 is 2.43 bits per heavy atom. The van der Waals surface area contributed by atoms with Gasteiger partial charge in [0.2, 0.25) is 0 Å². The van der Waals surface area contributed by atoms with Crippen molar-refractivity contribution in [2.45, 2.75) is 25.7 Å². The standard InChI is InChI=1S/C11H14O2S/c12-11(13)10-4-3-9(10)2-1-8-5-6-14-7-8/h5-7,9-10H,1-4H2,(H,12,13). The SMILES string of the molecule is O=C(O)C1CCC1CCc1ccsc1. The highest BCUT2D eigenvalue weighted by molar-refractivity contribution is 7.07. The van der Waals surface area contributed by atoms with Crippen LogP contribution in [0.25, 0.3) is 0 Å². The number of hydrogen-bond acceptors (Lipinski definition) is 2. The van der Waals surface area contributed by atoms with Crippen LogP contribution in [0.5, 0.6) is 0 Å². The quantitative estimate of drug-likeness (QED) is 0.829. The van der Waals surface area contributed by atoms with E-state index in [9.17, 15) is 4.79 Å². The number of rotatable bonds is 4. The number of thiophene rings is 1. The van der Waals surface area contributed by atoms with Gasteiger partial charge in [0.15, 0.2) is 0 Å². The maximum absolute atomic E-state index is 10.8. The molecule has 1 fully saturated rings. The molecule has 2 rings (SSSR count). The molecule has 0 radical (unpaired) electrons. The van der Waals surface area contributed by atoms with Crippen LogP contribution < -0.4 is 0 Å². The average Bonchev–Trinajstić information content (AvgIpc) is 2.53. The lowest BCUT2D eigenvalue weighted by atomic mass is 9.71. The Balaban J connectivity index is 1.79. The maximum atomic E-state index is 10.8. The zero-order valence-electron chi connectivity index (χ0n) is 7.98. The summed E-state index contributed by atoms with van der Waals surface area (Å²) in [4.78, 5) is 10.8. The van der Waals surface area contributed by atoms with Crippen molar-refractivity contribution in [1.29, 1.82) is 0 Å². The topological polar surface area (TPSA) is 37.3 Å². The van der Waals surface area contributed by atoms with Crippen LogP contribution in [-0.4, -0.2) is 11.1 Å². The molecule has 0 spiro atoms. The van der Waals surface area contributed by atoms with E-state index in [4.69, 9.17) is 5.11 Å². The minimum Gasteiger partial charge on any atom is -0.481 e. The molecular weight excluding hydrogens is 196 g/mol. The zero-order chi connectivity index (χ0) is 9.97. The molecule has 2 unspecified atom stereocenters. The Labute approximate surface area is 87.6 Å². The first-order valence-electron chi connectivity index (χ1n) is 5.01. The van der Waals surface area contributed by atoms with E-state index in [0.29, 0.717) is 5.92 Å². The summed E-state index contributed by atoms with van der Waals surface area (Å²) in [7, 11) is 0. The van der Waals surface area contributed by atoms with E-state index in [-0.39, 0.29) is 5.92 Å². The van der Waals surface area contributed by atoms with Crippen molar-refractivity contribution in [3.63, 3.8) is 0 Å².